The van der Waals surface area contributed by atoms with E-state index in [1.807, 2.05) is 0 Å². The summed E-state index contributed by atoms with van der Waals surface area (Å²) >= 11 is 0. The molecule has 1 heterocycles. The van der Waals surface area contributed by atoms with Crippen molar-refractivity contribution in [2.24, 2.45) is 0 Å². The average Bonchev–Trinajstić information content (AvgIpc) is 1.54. The van der Waals surface area contributed by atoms with Gasteiger partial charge in [-0.15, -0.1) is 0 Å². The number of anilines is 6. The van der Waals surface area contributed by atoms with Gasteiger partial charge in [-0.2, -0.15) is 10.9 Å². The topological polar surface area (TPSA) is 6.48 Å². The predicted octanol–water partition coefficient (Wildman–Crippen LogP) is 29.9. The lowest BCUT2D eigenvalue weighted by Crippen LogP contribution is -2.28. The van der Waals surface area contributed by atoms with Crippen molar-refractivity contribution < 1.29 is 0 Å². The zero-order chi connectivity index (χ0) is 77.9. The summed E-state index contributed by atoms with van der Waals surface area (Å²) < 4.78 is 0. The fraction of sp³-hybridized carbons (Fsp3) is 0.0702. The zero-order valence-corrected chi connectivity index (χ0v) is 66.6. The first-order valence-electron chi connectivity index (χ1n) is 41.1. The van der Waals surface area contributed by atoms with Crippen LogP contribution in [0, 0.1) is 0 Å². The summed E-state index contributed by atoms with van der Waals surface area (Å²) in [4.78, 5) is 9.08. The van der Waals surface area contributed by atoms with Crippen LogP contribution in [0.4, 0.5) is 34.1 Å². The molecule has 2 nitrogen and oxygen atoms in total. The molecule has 23 rings (SSSR count). The molecule has 117 heavy (non-hydrogen) atoms. The quantitative estimate of drug-likeness (QED) is 0.115. The molecule has 0 fully saturated rings. The van der Waals surface area contributed by atoms with E-state index >= 15 is 0 Å². The van der Waals surface area contributed by atoms with Crippen LogP contribution in [-0.4, -0.2) is 0 Å². The third kappa shape index (κ3) is 10.1. The molecule has 554 valence electrons. The Hall–Kier alpha value is -13.8. The highest BCUT2D eigenvalue weighted by Crippen LogP contribution is 2.67. The lowest BCUT2D eigenvalue weighted by Gasteiger charge is -2.35. The first-order valence-corrected chi connectivity index (χ1v) is 42.5. The number of hydrogen-bond donors (Lipinski definition) is 1. The Morgan fingerprint density at radius 3 is 1.08 bits per heavy atom. The summed E-state index contributed by atoms with van der Waals surface area (Å²) in [5, 5.41) is 2.41. The van der Waals surface area contributed by atoms with Crippen molar-refractivity contribution in [2.45, 2.75) is 64.0 Å². The van der Waals surface area contributed by atoms with E-state index in [1.165, 1.54) is 170 Å². The third-order valence-electron chi connectivity index (χ3n) is 26.7. The summed E-state index contributed by atoms with van der Waals surface area (Å²) in [5.74, 6) is 0. The van der Waals surface area contributed by atoms with E-state index in [9.17, 15) is 0 Å². The Balaban J connectivity index is 0.676. The molecule has 0 amide bonds. The van der Waals surface area contributed by atoms with Gasteiger partial charge in [0.1, 0.15) is 0 Å². The molecule has 18 aromatic carbocycles. The molecule has 2 unspecified atom stereocenters. The number of benzene rings is 18. The Labute approximate surface area is 688 Å². The Morgan fingerprint density at radius 2 is 0.564 bits per heavy atom. The number of rotatable bonds is 13. The minimum Gasteiger partial charge on any atom is -0.310 e. The molecule has 0 bridgehead atoms. The fourth-order valence-corrected chi connectivity index (χ4v) is 24.3. The molecule has 18 aromatic rings. The molecule has 0 saturated heterocycles. The maximum atomic E-state index is 2.58. The summed E-state index contributed by atoms with van der Waals surface area (Å²) in [7, 11) is -1.08. The number of nitrogens with zero attached hydrogens (tertiary/aromatic N) is 2. The lowest BCUT2D eigenvalue weighted by atomic mass is 9.67. The van der Waals surface area contributed by atoms with Crippen LogP contribution in [0.25, 0.3) is 88.7 Å². The first-order chi connectivity index (χ1) is 57.6. The zero-order valence-electron chi connectivity index (χ0n) is 65.7. The lowest BCUT2D eigenvalue weighted by molar-refractivity contribution is 0.662. The molecule has 4 aliphatic carbocycles. The van der Waals surface area contributed by atoms with Crippen molar-refractivity contribution in [3.63, 3.8) is 0 Å². The van der Waals surface area contributed by atoms with Gasteiger partial charge in [0.25, 0.3) is 0 Å². The highest BCUT2D eigenvalue weighted by Gasteiger charge is 2.49. The van der Waals surface area contributed by atoms with Gasteiger partial charge >= 0.3 is 0 Å². The Bertz CT molecular complexity index is 7020. The van der Waals surface area contributed by atoms with Gasteiger partial charge in [-0.25, -0.2) is 0 Å². The maximum Gasteiger partial charge on any atom is 0.0714 e. The largest absolute Gasteiger partial charge is 0.310 e. The monoisotopic (exact) mass is 1510 g/mol. The number of fused-ring (bicyclic) bond motifs is 16. The minimum absolute atomic E-state index is 0.152. The second kappa shape index (κ2) is 26.4. The molecular weight excluding hydrogens is 1430 g/mol. The van der Waals surface area contributed by atoms with Gasteiger partial charge in [0.05, 0.1) is 16.5 Å². The molecule has 0 spiro atoms. The Kier molecular flexibility index (Phi) is 15.5. The van der Waals surface area contributed by atoms with Crippen molar-refractivity contribution in [1.29, 1.82) is 0 Å². The van der Waals surface area contributed by atoms with Crippen LogP contribution < -0.4 is 9.80 Å². The van der Waals surface area contributed by atoms with E-state index in [1.54, 1.807) is 0 Å². The second-order valence-electron chi connectivity index (χ2n) is 33.3. The third-order valence-corrected chi connectivity index (χ3v) is 29.2. The molecule has 0 aromatic heterocycles. The Morgan fingerprint density at radius 1 is 0.214 bits per heavy atom. The minimum atomic E-state index is -1.08. The smallest absolute Gasteiger partial charge is 0.0714 e. The van der Waals surface area contributed by atoms with Crippen molar-refractivity contribution in [3.8, 4) is 77.9 Å². The van der Waals surface area contributed by atoms with Crippen LogP contribution in [0.15, 0.2) is 433 Å². The number of hydrogen-bond acceptors (Lipinski definition) is 2. The van der Waals surface area contributed by atoms with Crippen LogP contribution in [0.1, 0.15) is 94.5 Å². The predicted molar refractivity (Wildman–Crippen MR) is 490 cm³/mol. The molecule has 5 aliphatic rings. The van der Waals surface area contributed by atoms with E-state index in [0.717, 1.165) is 34.1 Å². The first kappa shape index (κ1) is 68.7. The molecule has 0 radical (unpaired) electrons. The van der Waals surface area contributed by atoms with E-state index in [0.29, 0.717) is 0 Å². The number of thiol groups is 1. The molecule has 1 aliphatic heterocycles. The van der Waals surface area contributed by atoms with Gasteiger partial charge < -0.3 is 9.80 Å². The van der Waals surface area contributed by atoms with Crippen molar-refractivity contribution in [3.05, 3.63) is 485 Å². The SMILES string of the molecule is CC1(C)c2ccccc2-c2cccc(-c3ccc(N(c4ccc5c(c4)C(c4ccccc4)(c4ccc([SH]6c7ccccc7-c7c(N(c8ccc(-c9cccc%10c9C(C)(C)c9ccccc9-%10)cc8)c8ccc9c(c8)C(c8ccccc8)(c8ccccc8)c8ccccc8-9)cccc76)cc4)c4ccccc4-5)c4ccc5ccccc5c4)cc3)c21. The maximum absolute atomic E-state index is 2.58. The highest BCUT2D eigenvalue weighted by atomic mass is 32.2. The second-order valence-corrected chi connectivity index (χ2v) is 35.5. The molecule has 0 N–H and O–H groups in total. The van der Waals surface area contributed by atoms with E-state index in [2.05, 4.69) is 456 Å². The van der Waals surface area contributed by atoms with Crippen LogP contribution in [-0.2, 0) is 21.7 Å². The van der Waals surface area contributed by atoms with Crippen LogP contribution in [0.3, 0.4) is 0 Å². The van der Waals surface area contributed by atoms with Crippen molar-refractivity contribution >= 4 is 55.8 Å². The molecule has 2 atom stereocenters. The van der Waals surface area contributed by atoms with Crippen LogP contribution >= 0.6 is 10.9 Å². The van der Waals surface area contributed by atoms with Gasteiger partial charge in [0.2, 0.25) is 0 Å². The normalized spacial score (nSPS) is 16.2. The average molecular weight is 1510 g/mol. The van der Waals surface area contributed by atoms with Gasteiger partial charge in [-0.1, -0.05) is 355 Å². The molecule has 3 heteroatoms. The van der Waals surface area contributed by atoms with Gasteiger partial charge in [-0.05, 0) is 246 Å². The van der Waals surface area contributed by atoms with Crippen LogP contribution in [0.5, 0.6) is 0 Å². The summed E-state index contributed by atoms with van der Waals surface area (Å²) in [5.41, 5.74) is 38.4. The van der Waals surface area contributed by atoms with E-state index in [-0.39, 0.29) is 10.8 Å². The summed E-state index contributed by atoms with van der Waals surface area (Å²) in [6.45, 7) is 9.56. The summed E-state index contributed by atoms with van der Waals surface area (Å²) in [6.07, 6.45) is 0. The van der Waals surface area contributed by atoms with E-state index in [4.69, 9.17) is 0 Å². The van der Waals surface area contributed by atoms with Crippen molar-refractivity contribution in [2.75, 3.05) is 9.80 Å². The molecule has 0 saturated carbocycles. The van der Waals surface area contributed by atoms with Gasteiger partial charge in [-0.3, -0.25) is 0 Å². The van der Waals surface area contributed by atoms with Gasteiger partial charge in [0, 0.05) is 54.6 Å². The molecular formula is C114H82N2S. The standard InChI is InChI=1S/C114H82N2S/c1-111(2)99-46-21-16-39-92(99)96-44-26-42-88(109(96)111)75-54-60-82(61-55-75)115(84-64-53-74-29-14-15-30-77(74)71-84)85-65-69-94-91-38-19-24-49-102(91)114(103(94)72-85,80-35-12-7-13-36-80)81-58-67-87(68-59-81)117-106-51-25-20-41-98(106)108-105(50-28-52-107(108)117)116(83-62-56-76(57-63-83)89-43-27-45-97-93-40-17-22-47-100(93)112(3,4)110(89)97)86-66-70-95-90-37-18-23-48-101(90)113(104(95)73-86,78-31-8-5-9-32-78)79-33-10-6-11-34-79/h5-73,117H,1-4H3. The fourth-order valence-electron chi connectivity index (χ4n) is 21.7. The van der Waals surface area contributed by atoms with E-state index < -0.39 is 21.7 Å². The summed E-state index contributed by atoms with van der Waals surface area (Å²) in [6, 6.07) is 159. The van der Waals surface area contributed by atoms with Gasteiger partial charge in [0.15, 0.2) is 0 Å². The highest BCUT2D eigenvalue weighted by molar-refractivity contribution is 8.17. The van der Waals surface area contributed by atoms with Crippen LogP contribution in [0.2, 0.25) is 0 Å². The van der Waals surface area contributed by atoms with Crippen molar-refractivity contribution in [1.82, 2.24) is 0 Å².